The Balaban J connectivity index is 2.18. The Bertz CT molecular complexity index is 370. The molecule has 0 spiro atoms. The molecule has 2 atom stereocenters. The maximum Gasteiger partial charge on any atom is 0.175 e. The molecular formula is C12H13ClO2. The molecule has 0 saturated carbocycles. The lowest BCUT2D eigenvalue weighted by atomic mass is 10.00. The van der Waals surface area contributed by atoms with Crippen molar-refractivity contribution in [1.82, 2.24) is 0 Å². The van der Waals surface area contributed by atoms with Gasteiger partial charge in [0, 0.05) is 5.02 Å². The molecule has 0 aliphatic carbocycles. The van der Waals surface area contributed by atoms with Gasteiger partial charge in [-0.05, 0) is 37.1 Å². The van der Waals surface area contributed by atoms with Crippen LogP contribution in [-0.2, 0) is 4.74 Å². The highest BCUT2D eigenvalue weighted by molar-refractivity contribution is 6.30. The van der Waals surface area contributed by atoms with E-state index < -0.39 is 6.29 Å². The maximum absolute atomic E-state index is 9.44. The highest BCUT2D eigenvalue weighted by Gasteiger charge is 2.20. The van der Waals surface area contributed by atoms with Gasteiger partial charge in [-0.15, -0.1) is 0 Å². The number of aliphatic hydroxyl groups excluding tert-OH is 1. The minimum atomic E-state index is -0.792. The number of aliphatic hydroxyl groups is 1. The van der Waals surface area contributed by atoms with Crippen LogP contribution in [0.15, 0.2) is 35.9 Å². The molecule has 0 bridgehead atoms. The monoisotopic (exact) mass is 224 g/mol. The van der Waals surface area contributed by atoms with E-state index in [9.17, 15) is 5.11 Å². The van der Waals surface area contributed by atoms with Gasteiger partial charge in [0.15, 0.2) is 6.29 Å². The van der Waals surface area contributed by atoms with Crippen LogP contribution in [0, 0.1) is 0 Å². The van der Waals surface area contributed by atoms with E-state index in [1.165, 1.54) is 0 Å². The molecule has 3 heteroatoms. The molecule has 1 aliphatic heterocycles. The molecule has 1 aromatic rings. The van der Waals surface area contributed by atoms with Gasteiger partial charge in [0.1, 0.15) is 0 Å². The zero-order valence-corrected chi connectivity index (χ0v) is 9.24. The predicted octanol–water partition coefficient (Wildman–Crippen LogP) is 3.07. The molecule has 1 aromatic carbocycles. The number of benzene rings is 1. The van der Waals surface area contributed by atoms with Crippen LogP contribution in [0.5, 0.6) is 0 Å². The summed E-state index contributed by atoms with van der Waals surface area (Å²) in [6, 6.07) is 7.53. The van der Waals surface area contributed by atoms with E-state index in [0.29, 0.717) is 5.02 Å². The first kappa shape index (κ1) is 10.7. The summed E-state index contributed by atoms with van der Waals surface area (Å²) >= 11 is 5.81. The number of rotatable bonds is 1. The average molecular weight is 225 g/mol. The van der Waals surface area contributed by atoms with Gasteiger partial charge in [0.25, 0.3) is 0 Å². The fourth-order valence-electron chi connectivity index (χ4n) is 1.73. The van der Waals surface area contributed by atoms with Gasteiger partial charge in [-0.2, -0.15) is 0 Å². The van der Waals surface area contributed by atoms with E-state index >= 15 is 0 Å². The molecule has 0 saturated heterocycles. The minimum absolute atomic E-state index is 0.0673. The van der Waals surface area contributed by atoms with Gasteiger partial charge in [0.2, 0.25) is 0 Å². The predicted molar refractivity (Wildman–Crippen MR) is 59.7 cm³/mol. The Labute approximate surface area is 94.1 Å². The molecule has 2 unspecified atom stereocenters. The molecule has 80 valence electrons. The summed E-state index contributed by atoms with van der Waals surface area (Å²) in [5, 5.41) is 10.2. The van der Waals surface area contributed by atoms with Gasteiger partial charge in [0.05, 0.1) is 6.10 Å². The molecule has 0 fully saturated rings. The summed E-state index contributed by atoms with van der Waals surface area (Å²) in [7, 11) is 0. The highest BCUT2D eigenvalue weighted by atomic mass is 35.5. The van der Waals surface area contributed by atoms with Crippen molar-refractivity contribution in [2.75, 3.05) is 0 Å². The highest BCUT2D eigenvalue weighted by Crippen LogP contribution is 2.30. The van der Waals surface area contributed by atoms with Crippen molar-refractivity contribution in [3.8, 4) is 0 Å². The second-order valence-electron chi connectivity index (χ2n) is 3.78. The minimum Gasteiger partial charge on any atom is -0.365 e. The third-order valence-corrected chi connectivity index (χ3v) is 2.73. The molecule has 0 aromatic heterocycles. The Kier molecular flexibility index (Phi) is 3.10. The van der Waals surface area contributed by atoms with E-state index in [-0.39, 0.29) is 6.10 Å². The molecule has 1 heterocycles. The van der Waals surface area contributed by atoms with Gasteiger partial charge in [-0.1, -0.05) is 29.3 Å². The van der Waals surface area contributed by atoms with Crippen molar-refractivity contribution in [3.63, 3.8) is 0 Å². The Morgan fingerprint density at radius 2 is 2.00 bits per heavy atom. The van der Waals surface area contributed by atoms with Crippen molar-refractivity contribution >= 4 is 11.6 Å². The van der Waals surface area contributed by atoms with Crippen LogP contribution in [0.3, 0.4) is 0 Å². The summed E-state index contributed by atoms with van der Waals surface area (Å²) < 4.78 is 5.42. The third kappa shape index (κ3) is 2.59. The van der Waals surface area contributed by atoms with Crippen LogP contribution in [0.4, 0.5) is 0 Å². The summed E-state index contributed by atoms with van der Waals surface area (Å²) in [4.78, 5) is 0. The zero-order chi connectivity index (χ0) is 10.8. The Morgan fingerprint density at radius 3 is 2.60 bits per heavy atom. The fraction of sp³-hybridized carbons (Fsp3) is 0.333. The van der Waals surface area contributed by atoms with Crippen LogP contribution in [0.2, 0.25) is 5.02 Å². The first-order chi connectivity index (χ1) is 7.15. The number of ether oxygens (including phenoxy) is 1. The second kappa shape index (κ2) is 4.35. The van der Waals surface area contributed by atoms with Gasteiger partial charge in [-0.25, -0.2) is 0 Å². The number of hydrogen-bond acceptors (Lipinski definition) is 2. The molecule has 0 radical (unpaired) electrons. The van der Waals surface area contributed by atoms with Crippen LogP contribution in [-0.4, -0.2) is 11.4 Å². The molecular weight excluding hydrogens is 212 g/mol. The zero-order valence-electron chi connectivity index (χ0n) is 8.48. The van der Waals surface area contributed by atoms with Crippen LogP contribution in [0.25, 0.3) is 0 Å². The van der Waals surface area contributed by atoms with Crippen LogP contribution >= 0.6 is 11.6 Å². The van der Waals surface area contributed by atoms with Crippen LogP contribution < -0.4 is 0 Å². The van der Waals surface area contributed by atoms with E-state index in [0.717, 1.165) is 17.6 Å². The lowest BCUT2D eigenvalue weighted by Crippen LogP contribution is -2.19. The van der Waals surface area contributed by atoms with E-state index in [2.05, 4.69) is 0 Å². The van der Waals surface area contributed by atoms with Crippen molar-refractivity contribution in [3.05, 3.63) is 46.5 Å². The topological polar surface area (TPSA) is 29.5 Å². The van der Waals surface area contributed by atoms with Crippen molar-refractivity contribution < 1.29 is 9.84 Å². The quantitative estimate of drug-likeness (QED) is 0.743. The summed E-state index contributed by atoms with van der Waals surface area (Å²) in [6.45, 7) is 1.99. The van der Waals surface area contributed by atoms with Crippen molar-refractivity contribution in [2.45, 2.75) is 25.7 Å². The van der Waals surface area contributed by atoms with Gasteiger partial charge >= 0.3 is 0 Å². The third-order valence-electron chi connectivity index (χ3n) is 2.48. The molecule has 1 aliphatic rings. The normalized spacial score (nSPS) is 26.2. The molecule has 1 N–H and O–H groups in total. The van der Waals surface area contributed by atoms with Gasteiger partial charge in [-0.3, -0.25) is 0 Å². The van der Waals surface area contributed by atoms with E-state index in [1.54, 1.807) is 6.08 Å². The Hall–Kier alpha value is -0.830. The number of hydrogen-bond donors (Lipinski definition) is 1. The first-order valence-electron chi connectivity index (χ1n) is 4.91. The van der Waals surface area contributed by atoms with Crippen molar-refractivity contribution in [2.24, 2.45) is 0 Å². The van der Waals surface area contributed by atoms with E-state index in [1.807, 2.05) is 31.2 Å². The molecule has 2 rings (SSSR count). The summed E-state index contributed by atoms with van der Waals surface area (Å²) in [6.07, 6.45) is 1.69. The Morgan fingerprint density at radius 1 is 1.33 bits per heavy atom. The van der Waals surface area contributed by atoms with E-state index in [4.69, 9.17) is 16.3 Å². The maximum atomic E-state index is 9.44. The lowest BCUT2D eigenvalue weighted by Gasteiger charge is -2.25. The first-order valence-corrected chi connectivity index (χ1v) is 5.29. The smallest absolute Gasteiger partial charge is 0.175 e. The average Bonchev–Trinajstić information content (AvgIpc) is 2.17. The standard InChI is InChI=1S/C12H13ClO2/c1-8-6-11(15-12(14)7-8)9-2-4-10(13)5-3-9/h2-5,7,11-12,14H,6H2,1H3. The fourth-order valence-corrected chi connectivity index (χ4v) is 1.86. The summed E-state index contributed by atoms with van der Waals surface area (Å²) in [5.41, 5.74) is 2.19. The molecule has 15 heavy (non-hydrogen) atoms. The molecule has 2 nitrogen and oxygen atoms in total. The van der Waals surface area contributed by atoms with Crippen LogP contribution in [0.1, 0.15) is 25.0 Å². The van der Waals surface area contributed by atoms with Gasteiger partial charge < -0.3 is 9.84 Å². The summed E-state index contributed by atoms with van der Waals surface area (Å²) in [5.74, 6) is 0. The largest absolute Gasteiger partial charge is 0.365 e. The second-order valence-corrected chi connectivity index (χ2v) is 4.22. The number of halogens is 1. The van der Waals surface area contributed by atoms with Crippen molar-refractivity contribution in [1.29, 1.82) is 0 Å². The lowest BCUT2D eigenvalue weighted by molar-refractivity contribution is -0.115. The SMILES string of the molecule is CC1=CC(O)OC(c2ccc(Cl)cc2)C1. The molecule has 0 amide bonds.